The zero-order valence-corrected chi connectivity index (χ0v) is 8.25. The molecule has 0 aromatic carbocycles. The summed E-state index contributed by atoms with van der Waals surface area (Å²) in [6.07, 6.45) is -0.290. The Labute approximate surface area is 72.1 Å². The normalized spacial score (nSPS) is 12.7. The van der Waals surface area contributed by atoms with Crippen LogP contribution in [-0.2, 0) is 9.13 Å². The van der Waals surface area contributed by atoms with E-state index in [4.69, 9.17) is 15.5 Å². The number of nitrogens with two attached hydrogens (primary N) is 1. The lowest BCUT2D eigenvalue weighted by Crippen LogP contribution is -2.29. The number of hydrogen-bond donors (Lipinski definition) is 3. The molecule has 0 radical (unpaired) electrons. The molecule has 0 fully saturated rings. The summed E-state index contributed by atoms with van der Waals surface area (Å²) in [5, 5.41) is 0. The van der Waals surface area contributed by atoms with Crippen LogP contribution in [0.2, 0.25) is 0 Å². The molecule has 0 saturated heterocycles. The van der Waals surface area contributed by atoms with E-state index < -0.39 is 7.60 Å². The zero-order valence-electron chi connectivity index (χ0n) is 6.46. The van der Waals surface area contributed by atoms with Gasteiger partial charge in [0.2, 0.25) is 0 Å². The van der Waals surface area contributed by atoms with Crippen molar-refractivity contribution in [2.24, 2.45) is 5.73 Å². The van der Waals surface area contributed by atoms with E-state index in [1.165, 1.54) is 4.90 Å². The summed E-state index contributed by atoms with van der Waals surface area (Å²) < 4.78 is 20.6. The topological polar surface area (TPSA) is 104 Å². The summed E-state index contributed by atoms with van der Waals surface area (Å²) >= 11 is 0. The van der Waals surface area contributed by atoms with Crippen molar-refractivity contribution in [3.63, 3.8) is 0 Å². The summed E-state index contributed by atoms with van der Waals surface area (Å²) in [7, 11) is -4.22. The van der Waals surface area contributed by atoms with Crippen molar-refractivity contribution >= 4 is 16.1 Å². The highest BCUT2D eigenvalue weighted by atomic mass is 31.2. The third-order valence-corrected chi connectivity index (χ3v) is 2.37. The molecule has 0 atom stereocenters. The lowest BCUT2D eigenvalue weighted by molar-refractivity contribution is 0.308. The van der Waals surface area contributed by atoms with Gasteiger partial charge in [-0.2, -0.15) is 0 Å². The van der Waals surface area contributed by atoms with E-state index in [9.17, 15) is 9.13 Å². The molecule has 6 nitrogen and oxygen atoms in total. The first-order valence-corrected chi connectivity index (χ1v) is 6.05. The van der Waals surface area contributed by atoms with E-state index in [0.717, 1.165) is 0 Å². The molecular formula is C4H12N2O4P2. The fourth-order valence-corrected chi connectivity index (χ4v) is 2.04. The van der Waals surface area contributed by atoms with Crippen LogP contribution in [0.25, 0.3) is 0 Å². The molecule has 0 bridgehead atoms. The molecule has 0 spiro atoms. The SMILES string of the molecule is NCCN(CP=O)CP(=O)(O)O. The third kappa shape index (κ3) is 6.85. The fourth-order valence-electron chi connectivity index (χ4n) is 0.711. The highest BCUT2D eigenvalue weighted by Crippen LogP contribution is 2.35. The molecule has 0 aliphatic carbocycles. The van der Waals surface area contributed by atoms with Crippen molar-refractivity contribution < 1.29 is 18.9 Å². The third-order valence-electron chi connectivity index (χ3n) is 1.09. The van der Waals surface area contributed by atoms with Gasteiger partial charge in [0.1, 0.15) is 6.29 Å². The predicted molar refractivity (Wildman–Crippen MR) is 45.1 cm³/mol. The van der Waals surface area contributed by atoms with E-state index in [1.807, 2.05) is 0 Å². The van der Waals surface area contributed by atoms with Gasteiger partial charge in [-0.15, -0.1) is 0 Å². The van der Waals surface area contributed by atoms with E-state index in [2.05, 4.69) is 0 Å². The lowest BCUT2D eigenvalue weighted by atomic mass is 10.6. The van der Waals surface area contributed by atoms with Gasteiger partial charge in [0.15, 0.2) is 8.46 Å². The van der Waals surface area contributed by atoms with Crippen LogP contribution in [0.3, 0.4) is 0 Å². The number of nitrogens with zero attached hydrogens (tertiary/aromatic N) is 1. The number of rotatable bonds is 6. The van der Waals surface area contributed by atoms with Crippen LogP contribution in [0.15, 0.2) is 0 Å². The minimum Gasteiger partial charge on any atom is -0.329 e. The number of hydrogen-bond acceptors (Lipinski definition) is 4. The Kier molecular flexibility index (Phi) is 5.84. The van der Waals surface area contributed by atoms with Gasteiger partial charge in [-0.1, -0.05) is 0 Å². The Morgan fingerprint density at radius 3 is 2.42 bits per heavy atom. The molecule has 0 saturated carbocycles. The molecule has 0 aliphatic heterocycles. The maximum atomic E-state index is 10.5. The molecule has 4 N–H and O–H groups in total. The summed E-state index contributed by atoms with van der Waals surface area (Å²) in [6.45, 7) is 0.621. The van der Waals surface area contributed by atoms with Crippen LogP contribution in [-0.4, -0.2) is 40.3 Å². The van der Waals surface area contributed by atoms with Crippen molar-refractivity contribution in [2.75, 3.05) is 25.7 Å². The van der Waals surface area contributed by atoms with Crippen molar-refractivity contribution in [1.29, 1.82) is 0 Å². The van der Waals surface area contributed by atoms with Crippen LogP contribution in [0.5, 0.6) is 0 Å². The Morgan fingerprint density at radius 2 is 2.08 bits per heavy atom. The maximum absolute atomic E-state index is 10.5. The average molecular weight is 214 g/mol. The average Bonchev–Trinajstić information content (AvgIpc) is 1.84. The molecular weight excluding hydrogens is 202 g/mol. The first-order chi connectivity index (χ1) is 5.49. The lowest BCUT2D eigenvalue weighted by Gasteiger charge is -2.18. The molecule has 8 heteroatoms. The van der Waals surface area contributed by atoms with Crippen LogP contribution in [0.1, 0.15) is 0 Å². The Hall–Kier alpha value is 0.170. The van der Waals surface area contributed by atoms with E-state index in [1.54, 1.807) is 0 Å². The van der Waals surface area contributed by atoms with Crippen LogP contribution < -0.4 is 5.73 Å². The zero-order chi connectivity index (χ0) is 9.61. The molecule has 0 aromatic heterocycles. The van der Waals surface area contributed by atoms with E-state index >= 15 is 0 Å². The van der Waals surface area contributed by atoms with Gasteiger partial charge in [0, 0.05) is 13.1 Å². The minimum atomic E-state index is -4.05. The molecule has 0 rings (SSSR count). The highest BCUT2D eigenvalue weighted by molar-refractivity contribution is 7.51. The minimum absolute atomic E-state index is 0.0995. The van der Waals surface area contributed by atoms with Gasteiger partial charge in [0.25, 0.3) is 0 Å². The first kappa shape index (κ1) is 12.2. The maximum Gasteiger partial charge on any atom is 0.339 e. The van der Waals surface area contributed by atoms with Crippen molar-refractivity contribution in [1.82, 2.24) is 4.90 Å². The largest absolute Gasteiger partial charge is 0.339 e. The second-order valence-corrected chi connectivity index (χ2v) is 4.41. The Bertz CT molecular complexity index is 182. The van der Waals surface area contributed by atoms with Gasteiger partial charge < -0.3 is 15.5 Å². The second-order valence-electron chi connectivity index (χ2n) is 2.26. The van der Waals surface area contributed by atoms with Crippen molar-refractivity contribution in [3.05, 3.63) is 0 Å². The molecule has 0 amide bonds. The van der Waals surface area contributed by atoms with Crippen molar-refractivity contribution in [3.8, 4) is 0 Å². The predicted octanol–water partition coefficient (Wildman–Crippen LogP) is -0.369. The molecule has 0 unspecified atom stereocenters. The summed E-state index contributed by atoms with van der Waals surface area (Å²) in [4.78, 5) is 18.5. The van der Waals surface area contributed by atoms with Gasteiger partial charge >= 0.3 is 7.60 Å². The molecule has 12 heavy (non-hydrogen) atoms. The fraction of sp³-hybridized carbons (Fsp3) is 1.00. The standard InChI is InChI=1S/C4H12N2O4P2/c5-1-2-6(3-11-7)4-12(8,9)10/h1-5H2,(H2,8,9,10). The summed E-state index contributed by atoms with van der Waals surface area (Å²) in [6, 6.07) is 0. The smallest absolute Gasteiger partial charge is 0.329 e. The van der Waals surface area contributed by atoms with Crippen LogP contribution >= 0.6 is 16.1 Å². The molecule has 0 heterocycles. The first-order valence-electron chi connectivity index (χ1n) is 3.25. The van der Waals surface area contributed by atoms with Crippen molar-refractivity contribution in [2.45, 2.75) is 0 Å². The quantitative estimate of drug-likeness (QED) is 0.521. The van der Waals surface area contributed by atoms with Gasteiger partial charge in [-0.25, -0.2) is 0 Å². The van der Waals surface area contributed by atoms with Crippen LogP contribution in [0.4, 0.5) is 0 Å². The van der Waals surface area contributed by atoms with Gasteiger partial charge in [-0.3, -0.25) is 14.0 Å². The Balaban J connectivity index is 3.94. The molecule has 0 aliphatic rings. The summed E-state index contributed by atoms with van der Waals surface area (Å²) in [5.41, 5.74) is 5.18. The van der Waals surface area contributed by atoms with Gasteiger partial charge in [0.05, 0.1) is 6.29 Å². The van der Waals surface area contributed by atoms with E-state index in [-0.39, 0.29) is 27.6 Å². The molecule has 0 aromatic rings. The monoisotopic (exact) mass is 214 g/mol. The summed E-state index contributed by atoms with van der Waals surface area (Å²) in [5.74, 6) is 0. The van der Waals surface area contributed by atoms with E-state index in [0.29, 0.717) is 6.54 Å². The Morgan fingerprint density at radius 1 is 1.50 bits per heavy atom. The second kappa shape index (κ2) is 5.75. The van der Waals surface area contributed by atoms with Crippen LogP contribution in [0, 0.1) is 0 Å². The van der Waals surface area contributed by atoms with Gasteiger partial charge in [-0.05, 0) is 0 Å². The molecule has 72 valence electrons. The highest BCUT2D eigenvalue weighted by Gasteiger charge is 2.18.